The molecular formula is C13H20BrNO2. The van der Waals surface area contributed by atoms with Crippen molar-refractivity contribution < 1.29 is 9.47 Å². The first-order valence-corrected chi connectivity index (χ1v) is 6.44. The second kappa shape index (κ2) is 6.99. The first-order valence-electron chi connectivity index (χ1n) is 5.64. The fourth-order valence-electron chi connectivity index (χ4n) is 1.76. The zero-order valence-electron chi connectivity index (χ0n) is 10.8. The Morgan fingerprint density at radius 3 is 2.53 bits per heavy atom. The number of methoxy groups -OCH3 is 2. The molecule has 1 aromatic carbocycles. The molecular weight excluding hydrogens is 282 g/mol. The SMILES string of the molecule is CNC(Cc1ccc(OC)c(Br)c1)C(C)OC. The van der Waals surface area contributed by atoms with Crippen LogP contribution in [0.25, 0.3) is 0 Å². The highest BCUT2D eigenvalue weighted by Crippen LogP contribution is 2.26. The number of nitrogens with one attached hydrogen (secondary N) is 1. The van der Waals surface area contributed by atoms with Gasteiger partial charge in [-0.1, -0.05) is 6.07 Å². The number of likely N-dealkylation sites (N-methyl/N-ethyl adjacent to an activating group) is 1. The summed E-state index contributed by atoms with van der Waals surface area (Å²) >= 11 is 3.50. The first kappa shape index (κ1) is 14.5. The number of hydrogen-bond donors (Lipinski definition) is 1. The molecule has 3 nitrogen and oxygen atoms in total. The van der Waals surface area contributed by atoms with Crippen LogP contribution in [0.5, 0.6) is 5.75 Å². The molecule has 0 bridgehead atoms. The van der Waals surface area contributed by atoms with Gasteiger partial charge in [0.2, 0.25) is 0 Å². The molecule has 1 N–H and O–H groups in total. The van der Waals surface area contributed by atoms with Crippen LogP contribution >= 0.6 is 15.9 Å². The number of halogens is 1. The van der Waals surface area contributed by atoms with Crippen molar-refractivity contribution in [3.8, 4) is 5.75 Å². The molecule has 4 heteroatoms. The first-order chi connectivity index (χ1) is 8.12. The average Bonchev–Trinajstić information content (AvgIpc) is 2.35. The van der Waals surface area contributed by atoms with Crippen LogP contribution in [-0.2, 0) is 11.2 Å². The third kappa shape index (κ3) is 3.98. The van der Waals surface area contributed by atoms with Crippen molar-refractivity contribution in [3.63, 3.8) is 0 Å². The Morgan fingerprint density at radius 1 is 1.35 bits per heavy atom. The van der Waals surface area contributed by atoms with Gasteiger partial charge in [-0.25, -0.2) is 0 Å². The van der Waals surface area contributed by atoms with Gasteiger partial charge in [-0.05, 0) is 54.0 Å². The van der Waals surface area contributed by atoms with Crippen LogP contribution in [0.4, 0.5) is 0 Å². The lowest BCUT2D eigenvalue weighted by Crippen LogP contribution is -2.38. The van der Waals surface area contributed by atoms with Crippen LogP contribution in [-0.4, -0.2) is 33.4 Å². The number of benzene rings is 1. The normalized spacial score (nSPS) is 14.4. The van der Waals surface area contributed by atoms with E-state index in [1.54, 1.807) is 14.2 Å². The van der Waals surface area contributed by atoms with Crippen molar-refractivity contribution in [3.05, 3.63) is 28.2 Å². The molecule has 0 aliphatic carbocycles. The Morgan fingerprint density at radius 2 is 2.06 bits per heavy atom. The molecule has 1 aromatic rings. The van der Waals surface area contributed by atoms with Crippen molar-refractivity contribution in [1.29, 1.82) is 0 Å². The summed E-state index contributed by atoms with van der Waals surface area (Å²) in [6.45, 7) is 2.07. The van der Waals surface area contributed by atoms with E-state index in [0.29, 0.717) is 6.04 Å². The molecule has 0 aliphatic heterocycles. The largest absolute Gasteiger partial charge is 0.496 e. The minimum atomic E-state index is 0.181. The molecule has 2 unspecified atom stereocenters. The average molecular weight is 302 g/mol. The summed E-state index contributed by atoms with van der Waals surface area (Å²) in [5.41, 5.74) is 1.25. The molecule has 2 atom stereocenters. The van der Waals surface area contributed by atoms with E-state index in [9.17, 15) is 0 Å². The summed E-state index contributed by atoms with van der Waals surface area (Å²) < 4.78 is 11.5. The predicted molar refractivity (Wildman–Crippen MR) is 73.7 cm³/mol. The van der Waals surface area contributed by atoms with Gasteiger partial charge in [0.05, 0.1) is 17.7 Å². The monoisotopic (exact) mass is 301 g/mol. The molecule has 0 radical (unpaired) electrons. The van der Waals surface area contributed by atoms with Crippen LogP contribution in [0.3, 0.4) is 0 Å². The van der Waals surface area contributed by atoms with Gasteiger partial charge in [0.15, 0.2) is 0 Å². The fourth-order valence-corrected chi connectivity index (χ4v) is 2.35. The van der Waals surface area contributed by atoms with Gasteiger partial charge in [-0.15, -0.1) is 0 Å². The lowest BCUT2D eigenvalue weighted by atomic mass is 10.0. The second-order valence-corrected chi connectivity index (χ2v) is 4.86. The highest BCUT2D eigenvalue weighted by molar-refractivity contribution is 9.10. The summed E-state index contributed by atoms with van der Waals surface area (Å²) in [5, 5.41) is 3.28. The molecule has 96 valence electrons. The topological polar surface area (TPSA) is 30.5 Å². The maximum absolute atomic E-state index is 5.35. The van der Waals surface area contributed by atoms with Crippen LogP contribution < -0.4 is 10.1 Å². The van der Waals surface area contributed by atoms with Crippen LogP contribution in [0.1, 0.15) is 12.5 Å². The standard InChI is InChI=1S/C13H20BrNO2/c1-9(16-3)12(15-2)8-10-5-6-13(17-4)11(14)7-10/h5-7,9,12,15H,8H2,1-4H3. The van der Waals surface area contributed by atoms with E-state index in [-0.39, 0.29) is 6.10 Å². The highest BCUT2D eigenvalue weighted by Gasteiger charge is 2.15. The van der Waals surface area contributed by atoms with Gasteiger partial charge >= 0.3 is 0 Å². The van der Waals surface area contributed by atoms with E-state index in [1.165, 1.54) is 5.56 Å². The van der Waals surface area contributed by atoms with Gasteiger partial charge in [0, 0.05) is 13.2 Å². The van der Waals surface area contributed by atoms with E-state index in [2.05, 4.69) is 40.3 Å². The Labute approximate surface area is 112 Å². The summed E-state index contributed by atoms with van der Waals surface area (Å²) in [4.78, 5) is 0. The van der Waals surface area contributed by atoms with Gasteiger partial charge in [0.1, 0.15) is 5.75 Å². The quantitative estimate of drug-likeness (QED) is 0.876. The van der Waals surface area contributed by atoms with Crippen molar-refractivity contribution in [1.82, 2.24) is 5.32 Å². The Hall–Kier alpha value is -0.580. The van der Waals surface area contributed by atoms with Gasteiger partial charge in [-0.3, -0.25) is 0 Å². The molecule has 0 saturated heterocycles. The number of hydrogen-bond acceptors (Lipinski definition) is 3. The molecule has 0 aliphatic rings. The minimum Gasteiger partial charge on any atom is -0.496 e. The zero-order valence-corrected chi connectivity index (χ0v) is 12.4. The number of rotatable bonds is 6. The van der Waals surface area contributed by atoms with Crippen molar-refractivity contribution in [2.24, 2.45) is 0 Å². The summed E-state index contributed by atoms with van der Waals surface area (Å²) in [5.74, 6) is 0.856. The van der Waals surface area contributed by atoms with Gasteiger partial charge < -0.3 is 14.8 Å². The maximum Gasteiger partial charge on any atom is 0.133 e. The molecule has 1 rings (SSSR count). The highest BCUT2D eigenvalue weighted by atomic mass is 79.9. The molecule has 0 amide bonds. The van der Waals surface area contributed by atoms with Gasteiger partial charge in [-0.2, -0.15) is 0 Å². The van der Waals surface area contributed by atoms with Crippen molar-refractivity contribution in [2.75, 3.05) is 21.3 Å². The number of ether oxygens (including phenoxy) is 2. The lowest BCUT2D eigenvalue weighted by Gasteiger charge is -2.22. The smallest absolute Gasteiger partial charge is 0.133 e. The second-order valence-electron chi connectivity index (χ2n) is 4.01. The third-order valence-corrected chi connectivity index (χ3v) is 3.60. The van der Waals surface area contributed by atoms with Crippen molar-refractivity contribution >= 4 is 15.9 Å². The molecule has 0 saturated carbocycles. The molecule has 0 fully saturated rings. The minimum absolute atomic E-state index is 0.181. The van der Waals surface area contributed by atoms with E-state index in [4.69, 9.17) is 9.47 Å². The lowest BCUT2D eigenvalue weighted by molar-refractivity contribution is 0.0857. The third-order valence-electron chi connectivity index (χ3n) is 2.98. The summed E-state index contributed by atoms with van der Waals surface area (Å²) in [6, 6.07) is 6.45. The molecule has 0 heterocycles. The van der Waals surface area contributed by atoms with Crippen molar-refractivity contribution in [2.45, 2.75) is 25.5 Å². The Bertz CT molecular complexity index is 357. The van der Waals surface area contributed by atoms with E-state index in [0.717, 1.165) is 16.6 Å². The molecule has 0 aromatic heterocycles. The molecule has 17 heavy (non-hydrogen) atoms. The fraction of sp³-hybridized carbons (Fsp3) is 0.538. The van der Waals surface area contributed by atoms with Crippen LogP contribution in [0.15, 0.2) is 22.7 Å². The van der Waals surface area contributed by atoms with E-state index < -0.39 is 0 Å². The van der Waals surface area contributed by atoms with E-state index in [1.807, 2.05) is 13.1 Å². The predicted octanol–water partition coefficient (Wildman–Crippen LogP) is 2.62. The zero-order chi connectivity index (χ0) is 12.8. The summed E-state index contributed by atoms with van der Waals surface area (Å²) in [6.07, 6.45) is 1.11. The van der Waals surface area contributed by atoms with Crippen LogP contribution in [0, 0.1) is 0 Å². The Kier molecular flexibility index (Phi) is 5.95. The van der Waals surface area contributed by atoms with Crippen LogP contribution in [0.2, 0.25) is 0 Å². The van der Waals surface area contributed by atoms with E-state index >= 15 is 0 Å². The molecule has 0 spiro atoms. The Balaban J connectivity index is 2.76. The maximum atomic E-state index is 5.35. The summed E-state index contributed by atoms with van der Waals surface area (Å²) in [7, 11) is 5.36. The van der Waals surface area contributed by atoms with Gasteiger partial charge in [0.25, 0.3) is 0 Å².